The lowest BCUT2D eigenvalue weighted by molar-refractivity contribution is -0.119. The fourth-order valence-corrected chi connectivity index (χ4v) is 5.55. The first-order valence-electron chi connectivity index (χ1n) is 11.2. The number of fused-ring (bicyclic) bond motifs is 2. The van der Waals surface area contributed by atoms with Crippen LogP contribution in [0.3, 0.4) is 0 Å². The number of carbonyl (C=O) groups excluding carboxylic acids is 1. The second-order valence-corrected chi connectivity index (χ2v) is 10.0. The lowest BCUT2D eigenvalue weighted by atomic mass is 10.3. The van der Waals surface area contributed by atoms with Gasteiger partial charge in [0, 0.05) is 45.5 Å². The van der Waals surface area contributed by atoms with E-state index in [0.29, 0.717) is 49.8 Å². The van der Waals surface area contributed by atoms with Gasteiger partial charge in [0.1, 0.15) is 6.54 Å². The van der Waals surface area contributed by atoms with Crippen LogP contribution in [0, 0.1) is 0 Å². The number of para-hydroxylation sites is 2. The number of aromatic nitrogens is 3. The van der Waals surface area contributed by atoms with Crippen LogP contribution in [-0.2, 0) is 21.4 Å². The summed E-state index contributed by atoms with van der Waals surface area (Å²) in [4.78, 5) is 38.8. The number of pyridine rings is 1. The van der Waals surface area contributed by atoms with E-state index in [1.807, 2.05) is 36.2 Å². The largest absolute Gasteiger partial charge is 0.357 e. The first-order chi connectivity index (χ1) is 16.3. The van der Waals surface area contributed by atoms with Crippen molar-refractivity contribution in [1.29, 1.82) is 0 Å². The Morgan fingerprint density at radius 2 is 1.65 bits per heavy atom. The predicted octanol–water partition coefficient (Wildman–Crippen LogP) is 1.70. The van der Waals surface area contributed by atoms with Crippen LogP contribution in [0.1, 0.15) is 20.3 Å². The Bertz CT molecular complexity index is 1380. The maximum Gasteiger partial charge on any atom is 0.251 e. The summed E-state index contributed by atoms with van der Waals surface area (Å²) in [7, 11) is -1.86. The quantitative estimate of drug-likeness (QED) is 0.524. The molecule has 0 radical (unpaired) electrons. The van der Waals surface area contributed by atoms with E-state index in [1.165, 1.54) is 27.5 Å². The van der Waals surface area contributed by atoms with Crippen molar-refractivity contribution >= 4 is 38.6 Å². The van der Waals surface area contributed by atoms with Gasteiger partial charge in [-0.2, -0.15) is 4.31 Å². The number of carbonyl (C=O) groups is 1. The minimum Gasteiger partial charge on any atom is -0.357 e. The molecule has 10 nitrogen and oxygen atoms in total. The third-order valence-electron chi connectivity index (χ3n) is 5.93. The average molecular weight is 485 g/mol. The molecule has 1 aromatic carbocycles. The highest BCUT2D eigenvalue weighted by atomic mass is 32.2. The molecule has 0 bridgehead atoms. The summed E-state index contributed by atoms with van der Waals surface area (Å²) in [5, 5.41) is 0. The first kappa shape index (κ1) is 23.8. The molecule has 3 heterocycles. The van der Waals surface area contributed by atoms with Crippen molar-refractivity contribution < 1.29 is 13.2 Å². The minimum absolute atomic E-state index is 0.0228. The maximum atomic E-state index is 13.4. The maximum absolute atomic E-state index is 13.4. The number of nitrogens with zero attached hydrogens (tertiary/aromatic N) is 6. The monoisotopic (exact) mass is 484 g/mol. The highest BCUT2D eigenvalue weighted by molar-refractivity contribution is 7.89. The van der Waals surface area contributed by atoms with E-state index in [0.717, 1.165) is 10.1 Å². The zero-order valence-electron chi connectivity index (χ0n) is 19.5. The number of hydrogen-bond donors (Lipinski definition) is 0. The second-order valence-electron chi connectivity index (χ2n) is 8.10. The molecule has 0 saturated heterocycles. The van der Waals surface area contributed by atoms with Crippen molar-refractivity contribution in [1.82, 2.24) is 18.8 Å². The first-order valence-corrected chi connectivity index (χ1v) is 12.7. The lowest BCUT2D eigenvalue weighted by Crippen LogP contribution is -2.38. The lowest BCUT2D eigenvalue weighted by Gasteiger charge is -2.23. The number of anilines is 2. The molecule has 34 heavy (non-hydrogen) atoms. The van der Waals surface area contributed by atoms with Gasteiger partial charge in [-0.1, -0.05) is 26.0 Å². The highest BCUT2D eigenvalue weighted by Gasteiger charge is 2.28. The summed E-state index contributed by atoms with van der Waals surface area (Å²) in [5.41, 5.74) is 0.940. The van der Waals surface area contributed by atoms with E-state index < -0.39 is 15.6 Å². The van der Waals surface area contributed by atoms with Crippen LogP contribution in [0.5, 0.6) is 0 Å². The Morgan fingerprint density at radius 3 is 2.29 bits per heavy atom. The number of sulfonamides is 1. The summed E-state index contributed by atoms with van der Waals surface area (Å²) >= 11 is 0. The molecule has 1 aliphatic rings. The van der Waals surface area contributed by atoms with Crippen molar-refractivity contribution in [3.8, 4) is 0 Å². The van der Waals surface area contributed by atoms with Gasteiger partial charge in [-0.05, 0) is 24.6 Å². The molecular weight excluding hydrogens is 456 g/mol. The summed E-state index contributed by atoms with van der Waals surface area (Å²) in [6.07, 6.45) is 1.94. The second kappa shape index (κ2) is 9.51. The van der Waals surface area contributed by atoms with Crippen molar-refractivity contribution in [3.63, 3.8) is 0 Å². The number of rotatable bonds is 6. The van der Waals surface area contributed by atoms with Gasteiger partial charge in [0.15, 0.2) is 11.6 Å². The van der Waals surface area contributed by atoms with Gasteiger partial charge < -0.3 is 9.47 Å². The molecule has 2 aromatic heterocycles. The van der Waals surface area contributed by atoms with Crippen LogP contribution >= 0.6 is 0 Å². The molecule has 0 fully saturated rings. The third-order valence-corrected chi connectivity index (χ3v) is 7.97. The van der Waals surface area contributed by atoms with Gasteiger partial charge in [-0.15, -0.1) is 0 Å². The molecule has 0 atom stereocenters. The van der Waals surface area contributed by atoms with Crippen molar-refractivity contribution in [3.05, 3.63) is 52.9 Å². The van der Waals surface area contributed by atoms with Crippen LogP contribution in [-0.4, -0.2) is 66.4 Å². The average Bonchev–Trinajstić information content (AvgIpc) is 2.98. The van der Waals surface area contributed by atoms with Crippen molar-refractivity contribution in [2.24, 2.45) is 0 Å². The predicted molar refractivity (Wildman–Crippen MR) is 131 cm³/mol. The van der Waals surface area contributed by atoms with Crippen LogP contribution < -0.4 is 15.4 Å². The number of benzene rings is 1. The van der Waals surface area contributed by atoms with Crippen molar-refractivity contribution in [2.45, 2.75) is 31.7 Å². The Kier molecular flexibility index (Phi) is 6.67. The van der Waals surface area contributed by atoms with Crippen molar-refractivity contribution in [2.75, 3.05) is 43.0 Å². The summed E-state index contributed by atoms with van der Waals surface area (Å²) in [6, 6.07) is 9.91. The van der Waals surface area contributed by atoms with E-state index >= 15 is 0 Å². The molecule has 0 unspecified atom stereocenters. The standard InChI is InChI=1S/C23H28N6O4S/c1-4-28(5-2)34(32,33)17-11-12-20(30)27(15-17)16-21(31)29-14-8-13-26(3)22-23(29)25-19-10-7-6-9-18(19)24-22/h6-7,9-12,15H,4-5,8,13-14,16H2,1-3H3. The molecular formula is C23H28N6O4S. The molecule has 1 amide bonds. The Labute approximate surface area is 198 Å². The van der Waals surface area contributed by atoms with E-state index in [4.69, 9.17) is 9.97 Å². The normalized spacial score (nSPS) is 14.4. The van der Waals surface area contributed by atoms with Gasteiger partial charge in [0.05, 0.1) is 15.9 Å². The fourth-order valence-electron chi connectivity index (χ4n) is 4.07. The van der Waals surface area contributed by atoms with Gasteiger partial charge in [0.2, 0.25) is 15.9 Å². The SMILES string of the molecule is CCN(CC)S(=O)(=O)c1ccc(=O)n(CC(=O)N2CCCN(C)c3nc4ccccc4nc32)c1. The number of amides is 1. The number of hydrogen-bond acceptors (Lipinski definition) is 7. The highest BCUT2D eigenvalue weighted by Crippen LogP contribution is 2.30. The van der Waals surface area contributed by atoms with E-state index in [2.05, 4.69) is 0 Å². The van der Waals surface area contributed by atoms with E-state index in [9.17, 15) is 18.0 Å². The summed E-state index contributed by atoms with van der Waals surface area (Å²) < 4.78 is 28.3. The smallest absolute Gasteiger partial charge is 0.251 e. The summed E-state index contributed by atoms with van der Waals surface area (Å²) in [5.74, 6) is 0.666. The molecule has 0 aliphatic carbocycles. The molecule has 3 aromatic rings. The molecule has 0 spiro atoms. The minimum atomic E-state index is -3.77. The van der Waals surface area contributed by atoms with Gasteiger partial charge in [-0.3, -0.25) is 14.5 Å². The zero-order valence-corrected chi connectivity index (χ0v) is 20.3. The van der Waals surface area contributed by atoms with Gasteiger partial charge >= 0.3 is 0 Å². The molecule has 180 valence electrons. The van der Waals surface area contributed by atoms with Crippen LogP contribution in [0.25, 0.3) is 11.0 Å². The Morgan fingerprint density at radius 1 is 1.00 bits per heavy atom. The molecule has 1 aliphatic heterocycles. The van der Waals surface area contributed by atoms with Crippen LogP contribution in [0.2, 0.25) is 0 Å². The third kappa shape index (κ3) is 4.40. The Balaban J connectivity index is 1.70. The van der Waals surface area contributed by atoms with E-state index in [-0.39, 0.29) is 17.3 Å². The van der Waals surface area contributed by atoms with Gasteiger partial charge in [0.25, 0.3) is 5.56 Å². The molecule has 0 saturated carbocycles. The zero-order chi connectivity index (χ0) is 24.5. The van der Waals surface area contributed by atoms with Crippen LogP contribution in [0.15, 0.2) is 52.3 Å². The molecule has 11 heteroatoms. The van der Waals surface area contributed by atoms with E-state index in [1.54, 1.807) is 13.8 Å². The Hall–Kier alpha value is -3.31. The molecule has 0 N–H and O–H groups in total. The fraction of sp³-hybridized carbons (Fsp3) is 0.391. The molecule has 4 rings (SSSR count). The topological polar surface area (TPSA) is 109 Å². The van der Waals surface area contributed by atoms with Crippen LogP contribution in [0.4, 0.5) is 11.6 Å². The summed E-state index contributed by atoms with van der Waals surface area (Å²) in [6.45, 7) is 4.91. The van der Waals surface area contributed by atoms with Gasteiger partial charge in [-0.25, -0.2) is 18.4 Å².